The first-order valence-electron chi connectivity index (χ1n) is 8.06. The summed E-state index contributed by atoms with van der Waals surface area (Å²) in [5.74, 6) is 1.65. The molecular formula is C16H27N3O2. The number of piperidine rings is 1. The van der Waals surface area contributed by atoms with E-state index < -0.39 is 0 Å². The molecule has 2 heterocycles. The summed E-state index contributed by atoms with van der Waals surface area (Å²) < 4.78 is 5.35. The van der Waals surface area contributed by atoms with Crippen molar-refractivity contribution in [2.75, 3.05) is 13.1 Å². The molecule has 1 aliphatic heterocycles. The number of aromatic nitrogens is 1. The molecule has 1 aromatic heterocycles. The summed E-state index contributed by atoms with van der Waals surface area (Å²) in [6.45, 7) is 7.65. The lowest BCUT2D eigenvalue weighted by Gasteiger charge is -2.38. The predicted molar refractivity (Wildman–Crippen MR) is 81.9 cm³/mol. The molecule has 2 N–H and O–H groups in total. The molecule has 2 atom stereocenters. The zero-order valence-corrected chi connectivity index (χ0v) is 13.4. The highest BCUT2D eigenvalue weighted by Gasteiger charge is 2.30. The molecule has 0 saturated carbocycles. The predicted octanol–water partition coefficient (Wildman–Crippen LogP) is 1.93. The molecule has 1 fully saturated rings. The Labute approximate surface area is 126 Å². The highest BCUT2D eigenvalue weighted by atomic mass is 16.5. The average molecular weight is 293 g/mol. The molecule has 1 aromatic rings. The van der Waals surface area contributed by atoms with Crippen LogP contribution in [0.3, 0.4) is 0 Å². The smallest absolute Gasteiger partial charge is 0.227 e. The van der Waals surface area contributed by atoms with Crippen LogP contribution >= 0.6 is 0 Å². The van der Waals surface area contributed by atoms with Crippen LogP contribution in [0.4, 0.5) is 0 Å². The number of rotatable bonds is 5. The zero-order valence-electron chi connectivity index (χ0n) is 13.4. The fraction of sp³-hybridized carbons (Fsp3) is 0.750. The molecular weight excluding hydrogens is 266 g/mol. The van der Waals surface area contributed by atoms with Crippen LogP contribution in [-0.4, -0.2) is 35.1 Å². The van der Waals surface area contributed by atoms with Gasteiger partial charge in [-0.2, -0.15) is 0 Å². The van der Waals surface area contributed by atoms with E-state index in [0.717, 1.165) is 49.2 Å². The third kappa shape index (κ3) is 3.46. The van der Waals surface area contributed by atoms with Crippen LogP contribution in [0.25, 0.3) is 0 Å². The van der Waals surface area contributed by atoms with E-state index in [1.807, 2.05) is 18.7 Å². The van der Waals surface area contributed by atoms with Gasteiger partial charge in [0.05, 0.1) is 12.1 Å². The quantitative estimate of drug-likeness (QED) is 0.900. The van der Waals surface area contributed by atoms with Crippen molar-refractivity contribution in [2.45, 2.75) is 58.9 Å². The van der Waals surface area contributed by atoms with Crippen LogP contribution in [-0.2, 0) is 24.1 Å². The second kappa shape index (κ2) is 7.07. The second-order valence-electron chi connectivity index (χ2n) is 6.02. The minimum absolute atomic E-state index is 0.157. The Kier molecular flexibility index (Phi) is 5.39. The largest absolute Gasteiger partial charge is 0.361 e. The van der Waals surface area contributed by atoms with Gasteiger partial charge in [-0.15, -0.1) is 0 Å². The minimum Gasteiger partial charge on any atom is -0.361 e. The van der Waals surface area contributed by atoms with E-state index in [0.29, 0.717) is 18.9 Å². The van der Waals surface area contributed by atoms with Crippen LogP contribution < -0.4 is 5.73 Å². The van der Waals surface area contributed by atoms with E-state index >= 15 is 0 Å². The zero-order chi connectivity index (χ0) is 15.4. The molecule has 5 heteroatoms. The maximum absolute atomic E-state index is 12.7. The third-order valence-corrected chi connectivity index (χ3v) is 4.51. The van der Waals surface area contributed by atoms with Gasteiger partial charge in [0.25, 0.3) is 0 Å². The van der Waals surface area contributed by atoms with Gasteiger partial charge in [0.1, 0.15) is 5.76 Å². The van der Waals surface area contributed by atoms with Crippen LogP contribution in [0.5, 0.6) is 0 Å². The number of amides is 1. The van der Waals surface area contributed by atoms with Gasteiger partial charge in [-0.25, -0.2) is 0 Å². The van der Waals surface area contributed by atoms with Crippen molar-refractivity contribution >= 4 is 5.91 Å². The number of carbonyl (C=O) groups excluding carboxylic acids is 1. The Hall–Kier alpha value is -1.36. The van der Waals surface area contributed by atoms with E-state index in [1.165, 1.54) is 0 Å². The van der Waals surface area contributed by atoms with Gasteiger partial charge in [-0.05, 0) is 25.2 Å². The monoisotopic (exact) mass is 293 g/mol. The van der Waals surface area contributed by atoms with E-state index in [9.17, 15) is 4.79 Å². The topological polar surface area (TPSA) is 72.4 Å². The van der Waals surface area contributed by atoms with Crippen LogP contribution in [0.2, 0.25) is 0 Å². The molecule has 0 radical (unpaired) electrons. The Balaban J connectivity index is 2.12. The lowest BCUT2D eigenvalue weighted by Crippen LogP contribution is -2.49. The maximum atomic E-state index is 12.7. The molecule has 5 nitrogen and oxygen atoms in total. The number of likely N-dealkylation sites (tertiary alicyclic amines) is 1. The fourth-order valence-electron chi connectivity index (χ4n) is 3.19. The van der Waals surface area contributed by atoms with Crippen molar-refractivity contribution in [3.05, 3.63) is 17.0 Å². The SMILES string of the molecule is CCc1noc(CC)c1CC(=O)N1CCC(C)CC1CN. The van der Waals surface area contributed by atoms with E-state index in [2.05, 4.69) is 12.1 Å². The molecule has 0 bridgehead atoms. The summed E-state index contributed by atoms with van der Waals surface area (Å²) >= 11 is 0. The molecule has 0 spiro atoms. The molecule has 21 heavy (non-hydrogen) atoms. The molecule has 1 amide bonds. The summed E-state index contributed by atoms with van der Waals surface area (Å²) in [5.41, 5.74) is 7.75. The summed E-state index contributed by atoms with van der Waals surface area (Å²) in [6, 6.07) is 0.177. The van der Waals surface area contributed by atoms with Crippen LogP contribution in [0.15, 0.2) is 4.52 Å². The van der Waals surface area contributed by atoms with Crippen molar-refractivity contribution in [1.82, 2.24) is 10.1 Å². The third-order valence-electron chi connectivity index (χ3n) is 4.51. The van der Waals surface area contributed by atoms with Gasteiger partial charge >= 0.3 is 0 Å². The van der Waals surface area contributed by atoms with Crippen LogP contribution in [0.1, 0.15) is 50.6 Å². The van der Waals surface area contributed by atoms with E-state index in [-0.39, 0.29) is 11.9 Å². The Bertz CT molecular complexity index is 462. The van der Waals surface area contributed by atoms with Gasteiger partial charge in [-0.3, -0.25) is 4.79 Å². The molecule has 1 saturated heterocycles. The number of carbonyl (C=O) groups is 1. The summed E-state index contributed by atoms with van der Waals surface area (Å²) in [5, 5.41) is 4.08. The summed E-state index contributed by atoms with van der Waals surface area (Å²) in [7, 11) is 0. The van der Waals surface area contributed by atoms with E-state index in [4.69, 9.17) is 10.3 Å². The Morgan fingerprint density at radius 2 is 2.19 bits per heavy atom. The van der Waals surface area contributed by atoms with Gasteiger partial charge in [-0.1, -0.05) is 25.9 Å². The minimum atomic E-state index is 0.157. The van der Waals surface area contributed by atoms with Crippen LogP contribution in [0, 0.1) is 5.92 Å². The van der Waals surface area contributed by atoms with E-state index in [1.54, 1.807) is 0 Å². The number of nitrogens with zero attached hydrogens (tertiary/aromatic N) is 2. The molecule has 1 aliphatic rings. The molecule has 118 valence electrons. The number of nitrogens with two attached hydrogens (primary N) is 1. The standard InChI is InChI=1S/C16H27N3O2/c1-4-14-13(15(5-2)21-18-14)9-16(20)19-7-6-11(3)8-12(19)10-17/h11-12H,4-10,17H2,1-3H3. The van der Waals surface area contributed by atoms with Crippen molar-refractivity contribution in [3.63, 3.8) is 0 Å². The lowest BCUT2D eigenvalue weighted by atomic mass is 9.91. The summed E-state index contributed by atoms with van der Waals surface area (Å²) in [4.78, 5) is 14.6. The van der Waals surface area contributed by atoms with Gasteiger partial charge < -0.3 is 15.2 Å². The number of aryl methyl sites for hydroxylation is 2. The first kappa shape index (κ1) is 16.0. The van der Waals surface area contributed by atoms with Crippen molar-refractivity contribution in [1.29, 1.82) is 0 Å². The Morgan fingerprint density at radius 3 is 2.81 bits per heavy atom. The van der Waals surface area contributed by atoms with Gasteiger partial charge in [0.2, 0.25) is 5.91 Å². The second-order valence-corrected chi connectivity index (χ2v) is 6.02. The average Bonchev–Trinajstić information content (AvgIpc) is 2.88. The van der Waals surface area contributed by atoms with Crippen molar-refractivity contribution in [3.8, 4) is 0 Å². The summed E-state index contributed by atoms with van der Waals surface area (Å²) in [6.07, 6.45) is 4.03. The first-order valence-corrected chi connectivity index (χ1v) is 8.06. The molecule has 2 unspecified atom stereocenters. The lowest BCUT2D eigenvalue weighted by molar-refractivity contribution is -0.134. The molecule has 0 aromatic carbocycles. The van der Waals surface area contributed by atoms with Gasteiger partial charge in [0, 0.05) is 31.1 Å². The van der Waals surface area contributed by atoms with Crippen molar-refractivity contribution in [2.24, 2.45) is 11.7 Å². The number of hydrogen-bond acceptors (Lipinski definition) is 4. The number of hydrogen-bond donors (Lipinski definition) is 1. The highest BCUT2D eigenvalue weighted by Crippen LogP contribution is 2.24. The maximum Gasteiger partial charge on any atom is 0.227 e. The highest BCUT2D eigenvalue weighted by molar-refractivity contribution is 5.79. The van der Waals surface area contributed by atoms with Crippen molar-refractivity contribution < 1.29 is 9.32 Å². The molecule has 2 rings (SSSR count). The van der Waals surface area contributed by atoms with Gasteiger partial charge in [0.15, 0.2) is 0 Å². The normalized spacial score (nSPS) is 22.6. The fourth-order valence-corrected chi connectivity index (χ4v) is 3.19. The molecule has 0 aliphatic carbocycles. The first-order chi connectivity index (χ1) is 10.1. The Morgan fingerprint density at radius 1 is 1.43 bits per heavy atom.